The van der Waals surface area contributed by atoms with E-state index in [-0.39, 0.29) is 4.90 Å². The van der Waals surface area contributed by atoms with E-state index in [1.165, 1.54) is 0 Å². The summed E-state index contributed by atoms with van der Waals surface area (Å²) in [6.45, 7) is 9.15. The Morgan fingerprint density at radius 2 is 1.80 bits per heavy atom. The fourth-order valence-electron chi connectivity index (χ4n) is 1.84. The average molecular weight is 397 g/mol. The Kier molecular flexibility index (Phi) is 4.45. The zero-order valence-electron chi connectivity index (χ0n) is 10.7. The van der Waals surface area contributed by atoms with Crippen molar-refractivity contribution in [2.45, 2.75) is 17.2 Å². The topological polar surface area (TPSA) is 38.5 Å². The molecule has 0 amide bonds. The second kappa shape index (κ2) is 5.94. The van der Waals surface area contributed by atoms with Crippen LogP contribution in [0.4, 0.5) is 0 Å². The summed E-state index contributed by atoms with van der Waals surface area (Å²) in [4.78, 5) is 3.51. The highest BCUT2D eigenvalue weighted by Gasteiger charge is 2.34. The van der Waals surface area contributed by atoms with E-state index in [1.807, 2.05) is 13.0 Å². The molecule has 3 nitrogen and oxygen atoms in total. The Balaban J connectivity index is 2.51. The van der Waals surface area contributed by atoms with Gasteiger partial charge in [0.05, 0.1) is 10.5 Å². The summed E-state index contributed by atoms with van der Waals surface area (Å²) in [6.07, 6.45) is 0. The summed E-state index contributed by atoms with van der Waals surface area (Å²) in [6, 6.07) is 13.6. The highest BCUT2D eigenvalue weighted by atomic mass is 127. The number of hydrogen-bond acceptors (Lipinski definition) is 2. The molecule has 2 aromatic rings. The standard InChI is InChI=1S/C15H12INO2S/c1-11-6-8-14(9-7-11)20(18,19)15(17-2)12-4-3-5-13(16)10-12/h3-10,15H,1H3/t15-/m1/s1. The normalized spacial score (nSPS) is 12.7. The molecular weight excluding hydrogens is 385 g/mol. The van der Waals surface area contributed by atoms with Crippen LogP contribution in [0.1, 0.15) is 16.5 Å². The van der Waals surface area contributed by atoms with Gasteiger partial charge in [0.25, 0.3) is 9.84 Å². The van der Waals surface area contributed by atoms with Crippen molar-refractivity contribution in [1.82, 2.24) is 0 Å². The zero-order valence-corrected chi connectivity index (χ0v) is 13.7. The molecule has 20 heavy (non-hydrogen) atoms. The summed E-state index contributed by atoms with van der Waals surface area (Å²) in [5.74, 6) is 0. The number of hydrogen-bond donors (Lipinski definition) is 0. The van der Waals surface area contributed by atoms with Crippen LogP contribution in [0, 0.1) is 17.1 Å². The van der Waals surface area contributed by atoms with Gasteiger partial charge in [-0.2, -0.15) is 0 Å². The van der Waals surface area contributed by atoms with Gasteiger partial charge in [-0.05, 0) is 53.8 Å². The first-order chi connectivity index (χ1) is 9.45. The molecule has 0 aromatic heterocycles. The number of benzene rings is 2. The van der Waals surface area contributed by atoms with Gasteiger partial charge in [0.1, 0.15) is 0 Å². The van der Waals surface area contributed by atoms with Crippen LogP contribution in [-0.4, -0.2) is 8.42 Å². The number of aryl methyl sites for hydroxylation is 1. The Hall–Kier alpha value is -1.39. The second-order valence-corrected chi connectivity index (χ2v) is 7.65. The molecule has 2 rings (SSSR count). The SMILES string of the molecule is [C-]#[N+][C@@H](c1cccc(I)c1)S(=O)(=O)c1ccc(C)cc1. The van der Waals surface area contributed by atoms with E-state index in [0.717, 1.165) is 9.13 Å². The van der Waals surface area contributed by atoms with Gasteiger partial charge in [-0.15, -0.1) is 0 Å². The van der Waals surface area contributed by atoms with E-state index in [2.05, 4.69) is 27.4 Å². The number of sulfone groups is 1. The van der Waals surface area contributed by atoms with Crippen molar-refractivity contribution in [3.8, 4) is 0 Å². The zero-order chi connectivity index (χ0) is 14.8. The second-order valence-electron chi connectivity index (χ2n) is 4.39. The highest BCUT2D eigenvalue weighted by Crippen LogP contribution is 2.31. The molecule has 1 atom stereocenters. The molecule has 102 valence electrons. The Bertz CT molecular complexity index is 761. The summed E-state index contributed by atoms with van der Waals surface area (Å²) >= 11 is 2.10. The molecule has 0 N–H and O–H groups in total. The molecule has 0 heterocycles. The van der Waals surface area contributed by atoms with Gasteiger partial charge >= 0.3 is 5.37 Å². The Labute approximate surface area is 132 Å². The van der Waals surface area contributed by atoms with E-state index in [9.17, 15) is 8.42 Å². The molecule has 2 aromatic carbocycles. The highest BCUT2D eigenvalue weighted by molar-refractivity contribution is 14.1. The van der Waals surface area contributed by atoms with Gasteiger partial charge in [-0.3, -0.25) is 4.85 Å². The average Bonchev–Trinajstić information content (AvgIpc) is 2.40. The smallest absolute Gasteiger partial charge is 0.291 e. The van der Waals surface area contributed by atoms with Crippen LogP contribution in [-0.2, 0) is 9.84 Å². The Morgan fingerprint density at radius 3 is 2.35 bits per heavy atom. The van der Waals surface area contributed by atoms with E-state index in [1.54, 1.807) is 42.5 Å². The first-order valence-electron chi connectivity index (χ1n) is 5.88. The van der Waals surface area contributed by atoms with Gasteiger partial charge in [0.2, 0.25) is 0 Å². The third-order valence-electron chi connectivity index (χ3n) is 2.89. The first-order valence-corrected chi connectivity index (χ1v) is 8.50. The number of rotatable bonds is 3. The van der Waals surface area contributed by atoms with E-state index in [4.69, 9.17) is 6.57 Å². The molecule has 0 saturated heterocycles. The van der Waals surface area contributed by atoms with Crippen LogP contribution < -0.4 is 0 Å². The Morgan fingerprint density at radius 1 is 1.15 bits per heavy atom. The maximum Gasteiger partial charge on any atom is 0.350 e. The summed E-state index contributed by atoms with van der Waals surface area (Å²) in [7, 11) is -3.70. The van der Waals surface area contributed by atoms with Crippen molar-refractivity contribution in [3.05, 3.63) is 74.6 Å². The minimum atomic E-state index is -3.70. The third kappa shape index (κ3) is 3.02. The van der Waals surface area contributed by atoms with Crippen LogP contribution >= 0.6 is 22.6 Å². The van der Waals surface area contributed by atoms with Crippen molar-refractivity contribution in [2.24, 2.45) is 0 Å². The summed E-state index contributed by atoms with van der Waals surface area (Å²) in [5.41, 5.74) is 1.49. The van der Waals surface area contributed by atoms with Gasteiger partial charge < -0.3 is 0 Å². The molecular formula is C15H12INO2S. The summed E-state index contributed by atoms with van der Waals surface area (Å²) < 4.78 is 26.1. The molecule has 0 unspecified atom stereocenters. The molecule has 0 saturated carbocycles. The van der Waals surface area contributed by atoms with Crippen molar-refractivity contribution >= 4 is 32.4 Å². The molecule has 0 aliphatic rings. The quantitative estimate of drug-likeness (QED) is 0.580. The molecule has 0 bridgehead atoms. The van der Waals surface area contributed by atoms with Gasteiger partial charge in [-0.25, -0.2) is 15.0 Å². The lowest BCUT2D eigenvalue weighted by Gasteiger charge is -2.08. The molecule has 0 spiro atoms. The molecule has 0 aliphatic heterocycles. The third-order valence-corrected chi connectivity index (χ3v) is 5.46. The van der Waals surface area contributed by atoms with Gasteiger partial charge in [0.15, 0.2) is 0 Å². The predicted octanol–water partition coefficient (Wildman–Crippen LogP) is 3.99. The van der Waals surface area contributed by atoms with Gasteiger partial charge in [0, 0.05) is 3.57 Å². The van der Waals surface area contributed by atoms with Crippen molar-refractivity contribution < 1.29 is 8.42 Å². The number of halogens is 1. The van der Waals surface area contributed by atoms with Crippen LogP contribution in [0.2, 0.25) is 0 Å². The van der Waals surface area contributed by atoms with Crippen LogP contribution in [0.15, 0.2) is 53.4 Å². The molecule has 0 fully saturated rings. The van der Waals surface area contributed by atoms with Crippen LogP contribution in [0.3, 0.4) is 0 Å². The molecule has 0 radical (unpaired) electrons. The fourth-order valence-corrected chi connectivity index (χ4v) is 3.82. The van der Waals surface area contributed by atoms with Crippen molar-refractivity contribution in [1.29, 1.82) is 0 Å². The van der Waals surface area contributed by atoms with E-state index >= 15 is 0 Å². The maximum absolute atomic E-state index is 12.6. The molecule has 0 aliphatic carbocycles. The van der Waals surface area contributed by atoms with E-state index in [0.29, 0.717) is 5.56 Å². The minimum absolute atomic E-state index is 0.183. The van der Waals surface area contributed by atoms with E-state index < -0.39 is 15.2 Å². The maximum atomic E-state index is 12.6. The predicted molar refractivity (Wildman–Crippen MR) is 86.9 cm³/mol. The minimum Gasteiger partial charge on any atom is -0.291 e. The largest absolute Gasteiger partial charge is 0.350 e. The lowest BCUT2D eigenvalue weighted by Crippen LogP contribution is -2.10. The lowest BCUT2D eigenvalue weighted by molar-refractivity contribution is 0.590. The first kappa shape index (κ1) is 15.0. The monoisotopic (exact) mass is 397 g/mol. The van der Waals surface area contributed by atoms with Crippen LogP contribution in [0.25, 0.3) is 4.85 Å². The van der Waals surface area contributed by atoms with Gasteiger partial charge in [-0.1, -0.05) is 29.8 Å². The van der Waals surface area contributed by atoms with Crippen LogP contribution in [0.5, 0.6) is 0 Å². The summed E-state index contributed by atoms with van der Waals surface area (Å²) in [5, 5.41) is -1.19. The molecule has 5 heteroatoms. The fraction of sp³-hybridized carbons (Fsp3) is 0.133. The van der Waals surface area contributed by atoms with Crippen molar-refractivity contribution in [2.75, 3.05) is 0 Å². The number of nitrogens with zero attached hydrogens (tertiary/aromatic N) is 1. The van der Waals surface area contributed by atoms with Crippen molar-refractivity contribution in [3.63, 3.8) is 0 Å². The lowest BCUT2D eigenvalue weighted by atomic mass is 10.2.